The summed E-state index contributed by atoms with van der Waals surface area (Å²) in [6.07, 6.45) is 0.558. The average Bonchev–Trinajstić information content (AvgIpc) is 2.93. The zero-order valence-corrected chi connectivity index (χ0v) is 19.0. The van der Waals surface area contributed by atoms with Crippen LogP contribution in [0, 0.1) is 5.92 Å². The monoisotopic (exact) mass is 463 g/mol. The number of sulfonamides is 1. The highest BCUT2D eigenvalue weighted by Crippen LogP contribution is 2.30. The number of carbonyl (C=O) groups is 2. The Morgan fingerprint density at radius 3 is 2.00 bits per heavy atom. The van der Waals surface area contributed by atoms with Gasteiger partial charge in [0.1, 0.15) is 5.92 Å². The van der Waals surface area contributed by atoms with E-state index in [2.05, 4.69) is 10.6 Å². The number of nitrogens with zero attached hydrogens (tertiary/aromatic N) is 1. The van der Waals surface area contributed by atoms with E-state index in [1.807, 2.05) is 60.7 Å². The number of carbonyl (C=O) groups excluding carboxylic acids is 2. The average molecular weight is 464 g/mol. The van der Waals surface area contributed by atoms with Crippen molar-refractivity contribution in [1.82, 2.24) is 4.31 Å². The zero-order chi connectivity index (χ0) is 23.4. The van der Waals surface area contributed by atoms with Gasteiger partial charge in [-0.1, -0.05) is 60.7 Å². The van der Waals surface area contributed by atoms with Gasteiger partial charge in [-0.25, -0.2) is 8.42 Å². The molecule has 8 heteroatoms. The molecule has 0 bridgehead atoms. The largest absolute Gasteiger partial charge is 0.324 e. The minimum atomic E-state index is -3.89. The summed E-state index contributed by atoms with van der Waals surface area (Å²) in [5, 5.41) is 5.32. The number of rotatable bonds is 7. The molecule has 4 rings (SSSR count). The lowest BCUT2D eigenvalue weighted by Crippen LogP contribution is -2.32. The summed E-state index contributed by atoms with van der Waals surface area (Å²) in [5.74, 6) is -1.79. The molecule has 0 fully saturated rings. The number of benzene rings is 3. The molecule has 1 atom stereocenters. The lowest BCUT2D eigenvalue weighted by Gasteiger charge is -2.23. The molecule has 3 aromatic rings. The lowest BCUT2D eigenvalue weighted by molar-refractivity contribution is -0.128. The molecule has 0 aromatic heterocycles. The summed E-state index contributed by atoms with van der Waals surface area (Å²) in [4.78, 5) is 24.4. The van der Waals surface area contributed by atoms with Gasteiger partial charge in [0, 0.05) is 13.1 Å². The second kappa shape index (κ2) is 9.56. The molecular weight excluding hydrogens is 438 g/mol. The van der Waals surface area contributed by atoms with Gasteiger partial charge in [-0.3, -0.25) is 9.59 Å². The van der Waals surface area contributed by atoms with E-state index < -0.39 is 27.8 Å². The fraction of sp³-hybridized carbons (Fsp3) is 0.200. The van der Waals surface area contributed by atoms with Crippen molar-refractivity contribution in [3.63, 3.8) is 0 Å². The number of amides is 2. The highest BCUT2D eigenvalue weighted by atomic mass is 32.2. The van der Waals surface area contributed by atoms with E-state index in [1.54, 1.807) is 0 Å². The Hall–Kier alpha value is -3.49. The molecule has 1 heterocycles. The molecule has 0 aliphatic carbocycles. The predicted octanol–water partition coefficient (Wildman–Crippen LogP) is 3.65. The van der Waals surface area contributed by atoms with Crippen LogP contribution in [0.25, 0.3) is 0 Å². The van der Waals surface area contributed by atoms with Crippen LogP contribution < -0.4 is 10.6 Å². The number of anilines is 2. The smallest absolute Gasteiger partial charge is 0.243 e. The quantitative estimate of drug-likeness (QED) is 0.523. The van der Waals surface area contributed by atoms with E-state index in [0.717, 1.165) is 11.1 Å². The number of hydrogen-bond acceptors (Lipinski definition) is 4. The first kappa shape index (κ1) is 22.7. The third-order valence-electron chi connectivity index (χ3n) is 5.63. The van der Waals surface area contributed by atoms with Crippen molar-refractivity contribution in [3.8, 4) is 0 Å². The van der Waals surface area contributed by atoms with E-state index >= 15 is 0 Å². The summed E-state index contributed by atoms with van der Waals surface area (Å²) >= 11 is 0. The first-order valence-corrected chi connectivity index (χ1v) is 12.1. The Bertz CT molecular complexity index is 1260. The van der Waals surface area contributed by atoms with Crippen LogP contribution in [-0.2, 0) is 32.6 Å². The van der Waals surface area contributed by atoms with Gasteiger partial charge in [-0.2, -0.15) is 4.31 Å². The molecule has 0 radical (unpaired) electrons. The summed E-state index contributed by atoms with van der Waals surface area (Å²) < 4.78 is 28.8. The second-order valence-corrected chi connectivity index (χ2v) is 9.91. The molecule has 2 amide bonds. The van der Waals surface area contributed by atoms with E-state index in [1.165, 1.54) is 29.4 Å². The SMILES string of the molecule is C[C@@H]1C(=O)Nc2ccc(S(=O)(=O)N(CCc3ccccc3)Cc3ccccc3)cc2NC1=O. The molecule has 1 aliphatic heterocycles. The highest BCUT2D eigenvalue weighted by Gasteiger charge is 2.30. The third kappa shape index (κ3) is 5.13. The summed E-state index contributed by atoms with van der Waals surface area (Å²) in [6, 6.07) is 23.5. The number of fused-ring (bicyclic) bond motifs is 1. The predicted molar refractivity (Wildman–Crippen MR) is 127 cm³/mol. The van der Waals surface area contributed by atoms with Crippen LogP contribution >= 0.6 is 0 Å². The maximum atomic E-state index is 13.7. The first-order chi connectivity index (χ1) is 15.8. The standard InChI is InChI=1S/C25H25N3O4S/c1-18-24(29)26-22-13-12-21(16-23(22)27-25(18)30)33(31,32)28(17-20-10-6-3-7-11-20)15-14-19-8-4-2-5-9-19/h2-13,16,18H,14-15,17H2,1H3,(H,26,29)(H,27,30)/t18-/m1/s1. The van der Waals surface area contributed by atoms with Crippen LogP contribution in [0.5, 0.6) is 0 Å². The van der Waals surface area contributed by atoms with Crippen LogP contribution in [0.3, 0.4) is 0 Å². The van der Waals surface area contributed by atoms with Gasteiger partial charge in [0.25, 0.3) is 0 Å². The fourth-order valence-corrected chi connectivity index (χ4v) is 5.07. The molecule has 2 N–H and O–H groups in total. The van der Waals surface area contributed by atoms with E-state index in [0.29, 0.717) is 18.7 Å². The van der Waals surface area contributed by atoms with Gasteiger partial charge >= 0.3 is 0 Å². The molecule has 1 aliphatic rings. The van der Waals surface area contributed by atoms with E-state index in [4.69, 9.17) is 0 Å². The van der Waals surface area contributed by atoms with Gasteiger partial charge in [-0.05, 0) is 42.7 Å². The van der Waals surface area contributed by atoms with Crippen LogP contribution in [-0.4, -0.2) is 31.1 Å². The summed E-state index contributed by atoms with van der Waals surface area (Å²) in [7, 11) is -3.89. The minimum absolute atomic E-state index is 0.0503. The molecule has 7 nitrogen and oxygen atoms in total. The Morgan fingerprint density at radius 1 is 0.788 bits per heavy atom. The molecule has 0 unspecified atom stereocenters. The van der Waals surface area contributed by atoms with Crippen LogP contribution in [0.1, 0.15) is 18.1 Å². The van der Waals surface area contributed by atoms with Gasteiger partial charge in [0.05, 0.1) is 16.3 Å². The fourth-order valence-electron chi connectivity index (χ4n) is 3.62. The van der Waals surface area contributed by atoms with Crippen LogP contribution in [0.2, 0.25) is 0 Å². The highest BCUT2D eigenvalue weighted by molar-refractivity contribution is 7.89. The van der Waals surface area contributed by atoms with Crippen molar-refractivity contribution in [2.24, 2.45) is 5.92 Å². The molecule has 3 aromatic carbocycles. The maximum absolute atomic E-state index is 13.7. The van der Waals surface area contributed by atoms with Gasteiger partial charge in [-0.15, -0.1) is 0 Å². The molecule has 0 saturated carbocycles. The Balaban J connectivity index is 1.66. The van der Waals surface area contributed by atoms with Gasteiger partial charge in [0.2, 0.25) is 21.8 Å². The van der Waals surface area contributed by atoms with Crippen molar-refractivity contribution in [3.05, 3.63) is 90.0 Å². The summed E-state index contributed by atoms with van der Waals surface area (Å²) in [5.41, 5.74) is 2.55. The topological polar surface area (TPSA) is 95.6 Å². The Labute approximate surface area is 193 Å². The second-order valence-electron chi connectivity index (χ2n) is 7.97. The van der Waals surface area contributed by atoms with Crippen molar-refractivity contribution in [2.75, 3.05) is 17.2 Å². The number of nitrogens with one attached hydrogen (secondary N) is 2. The van der Waals surface area contributed by atoms with Crippen molar-refractivity contribution >= 4 is 33.2 Å². The molecule has 0 saturated heterocycles. The molecular formula is C25H25N3O4S. The van der Waals surface area contributed by atoms with Crippen molar-refractivity contribution in [1.29, 1.82) is 0 Å². The third-order valence-corrected chi connectivity index (χ3v) is 7.47. The van der Waals surface area contributed by atoms with Crippen molar-refractivity contribution < 1.29 is 18.0 Å². The van der Waals surface area contributed by atoms with Gasteiger partial charge < -0.3 is 10.6 Å². The Morgan fingerprint density at radius 2 is 1.36 bits per heavy atom. The van der Waals surface area contributed by atoms with Gasteiger partial charge in [0.15, 0.2) is 0 Å². The van der Waals surface area contributed by atoms with E-state index in [9.17, 15) is 18.0 Å². The zero-order valence-electron chi connectivity index (χ0n) is 18.2. The maximum Gasteiger partial charge on any atom is 0.243 e. The lowest BCUT2D eigenvalue weighted by atomic mass is 10.1. The molecule has 0 spiro atoms. The first-order valence-electron chi connectivity index (χ1n) is 10.7. The molecule has 33 heavy (non-hydrogen) atoms. The van der Waals surface area contributed by atoms with E-state index in [-0.39, 0.29) is 17.1 Å². The van der Waals surface area contributed by atoms with Crippen LogP contribution in [0.4, 0.5) is 11.4 Å². The normalized spacial score (nSPS) is 16.0. The van der Waals surface area contributed by atoms with Crippen LogP contribution in [0.15, 0.2) is 83.8 Å². The number of hydrogen-bond donors (Lipinski definition) is 2. The molecule has 170 valence electrons. The minimum Gasteiger partial charge on any atom is -0.324 e. The van der Waals surface area contributed by atoms with Crippen molar-refractivity contribution in [2.45, 2.75) is 24.8 Å². The Kier molecular flexibility index (Phi) is 6.57. The summed E-state index contributed by atoms with van der Waals surface area (Å²) in [6.45, 7) is 2.01.